The zero-order chi connectivity index (χ0) is 16.2. The molecule has 3 aromatic heterocycles. The summed E-state index contributed by atoms with van der Waals surface area (Å²) in [6.07, 6.45) is 2.59. The fourth-order valence-electron chi connectivity index (χ4n) is 2.29. The highest BCUT2D eigenvalue weighted by Gasteiger charge is 2.12. The standard InChI is InChI=1S/C17H19N5O/c1-4-13-10-16(22(3)11-14-9-12(2)23-21-14)20-17(19-13)15-7-5-6-8-18-15/h5-10H,4,11H2,1-3H3. The average Bonchev–Trinajstić information content (AvgIpc) is 3.00. The van der Waals surface area contributed by atoms with Gasteiger partial charge in [-0.2, -0.15) is 0 Å². The maximum atomic E-state index is 5.12. The molecule has 0 radical (unpaired) electrons. The molecule has 0 N–H and O–H groups in total. The minimum absolute atomic E-state index is 0.624. The molecule has 6 heteroatoms. The summed E-state index contributed by atoms with van der Waals surface area (Å²) in [5, 5.41) is 4.03. The second-order valence-corrected chi connectivity index (χ2v) is 5.39. The zero-order valence-corrected chi connectivity index (χ0v) is 13.5. The molecule has 0 aliphatic rings. The van der Waals surface area contributed by atoms with Gasteiger partial charge in [0.05, 0.1) is 6.54 Å². The van der Waals surface area contributed by atoms with E-state index in [1.807, 2.05) is 49.2 Å². The number of hydrogen-bond acceptors (Lipinski definition) is 6. The Morgan fingerprint density at radius 1 is 1.13 bits per heavy atom. The number of anilines is 1. The van der Waals surface area contributed by atoms with Crippen LogP contribution in [0.25, 0.3) is 11.5 Å². The van der Waals surface area contributed by atoms with Gasteiger partial charge < -0.3 is 9.42 Å². The Labute approximate surface area is 135 Å². The van der Waals surface area contributed by atoms with E-state index in [0.717, 1.165) is 35.1 Å². The maximum Gasteiger partial charge on any atom is 0.180 e. The Morgan fingerprint density at radius 2 is 2.00 bits per heavy atom. The van der Waals surface area contributed by atoms with Gasteiger partial charge in [0.2, 0.25) is 0 Å². The van der Waals surface area contributed by atoms with Crippen molar-refractivity contribution in [1.82, 2.24) is 20.1 Å². The van der Waals surface area contributed by atoms with E-state index in [1.165, 1.54) is 0 Å². The van der Waals surface area contributed by atoms with E-state index in [2.05, 4.69) is 27.0 Å². The molecule has 0 aliphatic heterocycles. The lowest BCUT2D eigenvalue weighted by Gasteiger charge is -2.18. The molecule has 6 nitrogen and oxygen atoms in total. The quantitative estimate of drug-likeness (QED) is 0.721. The summed E-state index contributed by atoms with van der Waals surface area (Å²) in [5.41, 5.74) is 2.63. The Kier molecular flexibility index (Phi) is 4.32. The predicted octanol–water partition coefficient (Wildman–Crippen LogP) is 3.03. The molecule has 0 bridgehead atoms. The van der Waals surface area contributed by atoms with Crippen LogP contribution in [0.3, 0.4) is 0 Å². The molecule has 0 unspecified atom stereocenters. The van der Waals surface area contributed by atoms with Gasteiger partial charge in [-0.3, -0.25) is 4.98 Å². The fourth-order valence-corrected chi connectivity index (χ4v) is 2.29. The molecule has 0 aliphatic carbocycles. The van der Waals surface area contributed by atoms with E-state index in [1.54, 1.807) is 6.20 Å². The Hall–Kier alpha value is -2.76. The van der Waals surface area contributed by atoms with E-state index in [4.69, 9.17) is 4.52 Å². The normalized spacial score (nSPS) is 10.7. The monoisotopic (exact) mass is 309 g/mol. The van der Waals surface area contributed by atoms with Crippen molar-refractivity contribution in [3.8, 4) is 11.5 Å². The Balaban J connectivity index is 1.92. The van der Waals surface area contributed by atoms with Gasteiger partial charge >= 0.3 is 0 Å². The maximum absolute atomic E-state index is 5.12. The van der Waals surface area contributed by atoms with Crippen LogP contribution >= 0.6 is 0 Å². The second-order valence-electron chi connectivity index (χ2n) is 5.39. The molecule has 0 amide bonds. The third kappa shape index (κ3) is 3.53. The summed E-state index contributed by atoms with van der Waals surface area (Å²) in [6.45, 7) is 4.59. The molecule has 0 saturated heterocycles. The van der Waals surface area contributed by atoms with Gasteiger partial charge in [0.25, 0.3) is 0 Å². The molecule has 0 atom stereocenters. The molecular weight excluding hydrogens is 290 g/mol. The molecule has 0 fully saturated rings. The lowest BCUT2D eigenvalue weighted by atomic mass is 10.2. The molecule has 0 aromatic carbocycles. The van der Waals surface area contributed by atoms with Crippen molar-refractivity contribution in [3.63, 3.8) is 0 Å². The number of aryl methyl sites for hydroxylation is 2. The number of pyridine rings is 1. The van der Waals surface area contributed by atoms with E-state index >= 15 is 0 Å². The lowest BCUT2D eigenvalue weighted by molar-refractivity contribution is 0.390. The Bertz CT molecular complexity index is 785. The van der Waals surface area contributed by atoms with Crippen molar-refractivity contribution in [2.45, 2.75) is 26.8 Å². The number of nitrogens with zero attached hydrogens (tertiary/aromatic N) is 5. The van der Waals surface area contributed by atoms with Gasteiger partial charge in [0.15, 0.2) is 5.82 Å². The summed E-state index contributed by atoms with van der Waals surface area (Å²) >= 11 is 0. The van der Waals surface area contributed by atoms with Crippen LogP contribution in [0.2, 0.25) is 0 Å². The SMILES string of the molecule is CCc1cc(N(C)Cc2cc(C)on2)nc(-c2ccccn2)n1. The average molecular weight is 309 g/mol. The molecule has 3 aromatic rings. The summed E-state index contributed by atoms with van der Waals surface area (Å²) < 4.78 is 5.12. The third-order valence-corrected chi connectivity index (χ3v) is 3.49. The first-order valence-corrected chi connectivity index (χ1v) is 7.58. The first kappa shape index (κ1) is 15.1. The minimum atomic E-state index is 0.624. The van der Waals surface area contributed by atoms with Crippen LogP contribution in [0.15, 0.2) is 41.1 Å². The van der Waals surface area contributed by atoms with Gasteiger partial charge in [0, 0.05) is 31.1 Å². The number of rotatable bonds is 5. The summed E-state index contributed by atoms with van der Waals surface area (Å²) in [6, 6.07) is 9.66. The van der Waals surface area contributed by atoms with Gasteiger partial charge in [-0.15, -0.1) is 0 Å². The highest BCUT2D eigenvalue weighted by molar-refractivity contribution is 5.53. The predicted molar refractivity (Wildman–Crippen MR) is 88.0 cm³/mol. The van der Waals surface area contributed by atoms with Crippen LogP contribution in [0.1, 0.15) is 24.1 Å². The van der Waals surface area contributed by atoms with Crippen LogP contribution < -0.4 is 4.90 Å². The molecule has 23 heavy (non-hydrogen) atoms. The number of aromatic nitrogens is 4. The third-order valence-electron chi connectivity index (χ3n) is 3.49. The van der Waals surface area contributed by atoms with E-state index in [-0.39, 0.29) is 0 Å². The highest BCUT2D eigenvalue weighted by atomic mass is 16.5. The molecule has 118 valence electrons. The molecule has 3 heterocycles. The first-order valence-electron chi connectivity index (χ1n) is 7.58. The van der Waals surface area contributed by atoms with Gasteiger partial charge in [0.1, 0.15) is 23.0 Å². The van der Waals surface area contributed by atoms with Gasteiger partial charge in [-0.05, 0) is 25.5 Å². The fraction of sp³-hybridized carbons (Fsp3) is 0.294. The van der Waals surface area contributed by atoms with Crippen molar-refractivity contribution in [2.75, 3.05) is 11.9 Å². The van der Waals surface area contributed by atoms with Crippen LogP contribution in [0.4, 0.5) is 5.82 Å². The van der Waals surface area contributed by atoms with E-state index in [0.29, 0.717) is 12.4 Å². The smallest absolute Gasteiger partial charge is 0.180 e. The van der Waals surface area contributed by atoms with E-state index in [9.17, 15) is 0 Å². The lowest BCUT2D eigenvalue weighted by Crippen LogP contribution is -2.19. The molecule has 0 saturated carbocycles. The topological polar surface area (TPSA) is 67.9 Å². The summed E-state index contributed by atoms with van der Waals surface area (Å²) in [5.74, 6) is 2.29. The molecule has 0 spiro atoms. The van der Waals surface area contributed by atoms with E-state index < -0.39 is 0 Å². The zero-order valence-electron chi connectivity index (χ0n) is 13.5. The summed E-state index contributed by atoms with van der Waals surface area (Å²) in [7, 11) is 1.98. The van der Waals surface area contributed by atoms with Crippen LogP contribution in [-0.2, 0) is 13.0 Å². The largest absolute Gasteiger partial charge is 0.361 e. The van der Waals surface area contributed by atoms with Crippen LogP contribution in [-0.4, -0.2) is 27.2 Å². The first-order chi connectivity index (χ1) is 11.2. The minimum Gasteiger partial charge on any atom is -0.361 e. The Morgan fingerprint density at radius 3 is 2.65 bits per heavy atom. The second kappa shape index (κ2) is 6.56. The van der Waals surface area contributed by atoms with Gasteiger partial charge in [-0.25, -0.2) is 9.97 Å². The van der Waals surface area contributed by atoms with Crippen molar-refractivity contribution < 1.29 is 4.52 Å². The van der Waals surface area contributed by atoms with Crippen molar-refractivity contribution in [1.29, 1.82) is 0 Å². The number of hydrogen-bond donors (Lipinski definition) is 0. The highest BCUT2D eigenvalue weighted by Crippen LogP contribution is 2.19. The summed E-state index contributed by atoms with van der Waals surface area (Å²) in [4.78, 5) is 15.6. The van der Waals surface area contributed by atoms with Crippen molar-refractivity contribution in [2.24, 2.45) is 0 Å². The molecule has 3 rings (SSSR count). The van der Waals surface area contributed by atoms with Crippen LogP contribution in [0, 0.1) is 6.92 Å². The van der Waals surface area contributed by atoms with Crippen molar-refractivity contribution in [3.05, 3.63) is 53.7 Å². The van der Waals surface area contributed by atoms with Crippen molar-refractivity contribution >= 4 is 5.82 Å². The molecular formula is C17H19N5O. The van der Waals surface area contributed by atoms with Crippen LogP contribution in [0.5, 0.6) is 0 Å². The van der Waals surface area contributed by atoms with Gasteiger partial charge in [-0.1, -0.05) is 18.1 Å².